The lowest BCUT2D eigenvalue weighted by Crippen LogP contribution is -2.55. The second kappa shape index (κ2) is 44.3. The number of carbonyl (C=O) groups excluding carboxylic acids is 8. The lowest BCUT2D eigenvalue weighted by molar-refractivity contribution is -0.162. The number of aliphatic imine (C=N–C) groups is 1. The molecule has 103 heavy (non-hydrogen) atoms. The highest BCUT2D eigenvalue weighted by atomic mass is 35.5. The maximum atomic E-state index is 15.4. The first-order valence-corrected chi connectivity index (χ1v) is 36.6. The van der Waals surface area contributed by atoms with E-state index in [1.54, 1.807) is 67.6 Å². The van der Waals surface area contributed by atoms with E-state index in [1.165, 1.54) is 11.9 Å². The van der Waals surface area contributed by atoms with Crippen LogP contribution in [0.4, 0.5) is 9.59 Å². The molecule has 0 bridgehead atoms. The Labute approximate surface area is 613 Å². The zero-order valence-corrected chi connectivity index (χ0v) is 61.8. The number of likely N-dealkylation sites (N-methyl/N-ethyl adjacent to an activating group) is 1. The Morgan fingerprint density at radius 3 is 1.69 bits per heavy atom. The molecule has 21 heteroatoms. The Bertz CT molecular complexity index is 3570. The molecule has 0 spiro atoms. The van der Waals surface area contributed by atoms with Crippen LogP contribution < -0.4 is 27.0 Å². The van der Waals surface area contributed by atoms with E-state index in [-0.39, 0.29) is 70.5 Å². The number of hydrogen-bond donors (Lipinski definition) is 5. The molecule has 0 aliphatic heterocycles. The number of nitrogens with one attached hydrogen (secondary N) is 4. The number of Topliss-reactive ketones (excluding diaryl/α,β-unsaturated/α-hetero) is 1. The molecule has 0 aliphatic rings. The van der Waals surface area contributed by atoms with E-state index in [0.717, 1.165) is 67.2 Å². The van der Waals surface area contributed by atoms with Crippen LogP contribution in [0.3, 0.4) is 0 Å². The van der Waals surface area contributed by atoms with Crippen molar-refractivity contribution in [1.82, 2.24) is 26.2 Å². The third-order valence-electron chi connectivity index (χ3n) is 18.2. The number of halogens is 1. The second-order valence-electron chi connectivity index (χ2n) is 26.8. The number of unbranched alkanes of at least 4 members (excludes halogenated alkanes) is 7. The number of nitrogens with zero attached hydrogens (tertiary/aromatic N) is 2. The first-order valence-electron chi connectivity index (χ1n) is 36.2. The average Bonchev–Trinajstić information content (AvgIpc) is 0.745. The number of carbonyl (C=O) groups is 8. The number of amides is 5. The third kappa shape index (κ3) is 27.5. The van der Waals surface area contributed by atoms with E-state index in [9.17, 15) is 24.0 Å². The number of aryl methyl sites for hydroxylation is 1. The number of ketones is 1. The van der Waals surface area contributed by atoms with Gasteiger partial charge in [0.25, 0.3) is 0 Å². The number of hydrogen-bond acceptors (Lipinski definition) is 15. The maximum Gasteiger partial charge on any atom is 0.414 e. The molecule has 6 aromatic carbocycles. The highest BCUT2D eigenvalue weighted by molar-refractivity contribution is 6.31. The number of rotatable bonds is 42. The molecule has 0 fully saturated rings. The molecule has 8 atom stereocenters. The van der Waals surface area contributed by atoms with Crippen LogP contribution >= 0.6 is 11.6 Å². The van der Waals surface area contributed by atoms with Gasteiger partial charge >= 0.3 is 24.1 Å². The van der Waals surface area contributed by atoms with E-state index in [0.29, 0.717) is 41.0 Å². The zero-order chi connectivity index (χ0) is 74.5. The number of nitrogens with two attached hydrogens (primary N) is 1. The highest BCUT2D eigenvalue weighted by Crippen LogP contribution is 2.44. The Kier molecular flexibility index (Phi) is 35.6. The summed E-state index contributed by atoms with van der Waals surface area (Å²) in [6.45, 7) is 12.6. The Morgan fingerprint density at radius 1 is 0.612 bits per heavy atom. The zero-order valence-electron chi connectivity index (χ0n) is 61.1. The van der Waals surface area contributed by atoms with Crippen LogP contribution in [0, 0.1) is 30.6 Å². The molecule has 1 unspecified atom stereocenters. The minimum Gasteiger partial charge on any atom is -0.460 e. The largest absolute Gasteiger partial charge is 0.460 e. The molecule has 0 saturated carbocycles. The van der Waals surface area contributed by atoms with Crippen molar-refractivity contribution >= 4 is 65.2 Å². The highest BCUT2D eigenvalue weighted by Gasteiger charge is 2.45. The van der Waals surface area contributed by atoms with Crippen molar-refractivity contribution in [3.05, 3.63) is 214 Å². The van der Waals surface area contributed by atoms with Crippen molar-refractivity contribution in [2.75, 3.05) is 26.7 Å². The fourth-order valence-electron chi connectivity index (χ4n) is 12.0. The van der Waals surface area contributed by atoms with E-state index in [4.69, 9.17) is 41.0 Å². The molecule has 6 aromatic rings. The van der Waals surface area contributed by atoms with E-state index in [2.05, 4.69) is 33.2 Å². The van der Waals surface area contributed by atoms with Crippen LogP contribution in [0.5, 0.6) is 0 Å². The summed E-state index contributed by atoms with van der Waals surface area (Å²) in [5.74, 6) is -6.65. The molecule has 0 heterocycles. The van der Waals surface area contributed by atoms with Crippen molar-refractivity contribution in [2.24, 2.45) is 34.4 Å². The smallest absolute Gasteiger partial charge is 0.414 e. The van der Waals surface area contributed by atoms with Crippen LogP contribution in [0.1, 0.15) is 170 Å². The van der Waals surface area contributed by atoms with Gasteiger partial charge in [-0.05, 0) is 73.6 Å². The monoisotopic (exact) mass is 1430 g/mol. The number of guanidine groups is 1. The number of alkyl carbamates (subject to hydrolysis) is 2. The van der Waals surface area contributed by atoms with Crippen molar-refractivity contribution in [3.63, 3.8) is 0 Å². The molecule has 554 valence electrons. The van der Waals surface area contributed by atoms with Crippen molar-refractivity contribution < 1.29 is 62.0 Å². The van der Waals surface area contributed by atoms with Crippen LogP contribution in [-0.4, -0.2) is 109 Å². The summed E-state index contributed by atoms with van der Waals surface area (Å²) in [6, 6.07) is 48.3. The van der Waals surface area contributed by atoms with Gasteiger partial charge in [-0.3, -0.25) is 44.4 Å². The Balaban J connectivity index is 1.15. The summed E-state index contributed by atoms with van der Waals surface area (Å²) in [4.78, 5) is 119. The summed E-state index contributed by atoms with van der Waals surface area (Å²) in [6.07, 6.45) is 6.11. The van der Waals surface area contributed by atoms with E-state index >= 15 is 14.4 Å². The summed E-state index contributed by atoms with van der Waals surface area (Å²) in [5, 5.41) is 10.8. The molecule has 0 aliphatic carbocycles. The van der Waals surface area contributed by atoms with Crippen molar-refractivity contribution in [3.8, 4) is 0 Å². The first-order chi connectivity index (χ1) is 49.6. The van der Waals surface area contributed by atoms with Gasteiger partial charge in [0.15, 0.2) is 11.4 Å². The van der Waals surface area contributed by atoms with Gasteiger partial charge in [-0.15, -0.1) is 0 Å². The topological polar surface area (TPSA) is 272 Å². The Morgan fingerprint density at radius 2 is 1.14 bits per heavy atom. The van der Waals surface area contributed by atoms with Gasteiger partial charge in [-0.25, -0.2) is 9.59 Å². The summed E-state index contributed by atoms with van der Waals surface area (Å²) < 4.78 is 30.0. The molecule has 5 amide bonds. The number of esters is 2. The average molecular weight is 1430 g/mol. The predicted molar refractivity (Wildman–Crippen MR) is 400 cm³/mol. The Hall–Kier alpha value is -9.24. The first kappa shape index (κ1) is 82.7. The number of benzene rings is 6. The van der Waals surface area contributed by atoms with E-state index in [1.807, 2.05) is 144 Å². The molecular formula is C82H106ClN7O13. The van der Waals surface area contributed by atoms with Crippen molar-refractivity contribution in [2.45, 2.75) is 188 Å². The molecule has 0 radical (unpaired) electrons. The van der Waals surface area contributed by atoms with Crippen molar-refractivity contribution in [1.29, 1.82) is 0 Å². The number of ether oxygens (including phenoxy) is 5. The molecule has 0 saturated heterocycles. The lowest BCUT2D eigenvalue weighted by atomic mass is 9.79. The standard InChI is InChI=1S/C82H106ClN7O13/c1-9-11-12-13-14-15-16-29-44-72(102-73(92)52-86-75(93)69(84)43-32-49-85-79(88-80(97)100-54-62-35-23-18-24-36-62)89-81(98)101-55-63-37-25-19-26-38-63)60(7)77(95)90(8)70(50-57(3)4)76(94)87-74(59(6)10-2)71(91)51-64(56-99-53-61-33-21-17-22-34-61)78(96)103-82(65-39-27-20-28-40-65,66-47-45-58(5)46-48-66)67-41-30-31-42-68(67)83/h17-28,30-31,33-42,45-48,57,59-60,64,69-70,72,74H,9-16,29,32,43-44,49-56,84H2,1-8H3,(H,86,93)(H,87,94)(H2,85,88,89,97,98)/t59-,60-,64+,69+,70+,72+,74-,82?/m1/s1. The van der Waals surface area contributed by atoms with Crippen LogP contribution in [0.25, 0.3) is 0 Å². The quantitative estimate of drug-likeness (QED) is 0.00596. The summed E-state index contributed by atoms with van der Waals surface area (Å²) in [5.41, 5.74) is 9.76. The molecular weight excluding hydrogens is 1330 g/mol. The SMILES string of the molecule is CCCCCCCCCC[C@H](OC(=O)CNC(=O)[C@@H](N)CCCN=C(NC(=O)OCc1ccccc1)NC(=O)OCc1ccccc1)[C@@H](C)C(=O)N(C)[C@@H](CC(C)C)C(=O)N[C@@H](C(=O)C[C@@H](COCc1ccccc1)C(=O)OC(c1ccccc1)(c1ccc(C)cc1)c1ccccc1Cl)[C@H](C)CC. The fraction of sp³-hybridized carbons (Fsp3) is 0.451. The fourth-order valence-corrected chi connectivity index (χ4v) is 12.2. The summed E-state index contributed by atoms with van der Waals surface area (Å²) >= 11 is 7.08. The van der Waals surface area contributed by atoms with Crippen LogP contribution in [-0.2, 0) is 77.9 Å². The van der Waals surface area contributed by atoms with Crippen LogP contribution in [0.15, 0.2) is 175 Å². The van der Waals surface area contributed by atoms with Gasteiger partial charge in [0.2, 0.25) is 23.7 Å². The minimum atomic E-state index is -1.60. The van der Waals surface area contributed by atoms with Gasteiger partial charge < -0.3 is 45.0 Å². The second-order valence-corrected chi connectivity index (χ2v) is 27.2. The lowest BCUT2D eigenvalue weighted by Gasteiger charge is -2.37. The predicted octanol–water partition coefficient (Wildman–Crippen LogP) is 14.2. The molecule has 20 nitrogen and oxygen atoms in total. The van der Waals surface area contributed by atoms with Gasteiger partial charge in [0.1, 0.15) is 31.9 Å². The molecule has 6 N–H and O–H groups in total. The summed E-state index contributed by atoms with van der Waals surface area (Å²) in [7, 11) is 1.53. The van der Waals surface area contributed by atoms with Crippen LogP contribution in [0.2, 0.25) is 5.02 Å². The van der Waals surface area contributed by atoms with E-state index < -0.39 is 102 Å². The third-order valence-corrected chi connectivity index (χ3v) is 18.5. The van der Waals surface area contributed by atoms with Gasteiger partial charge in [-0.2, -0.15) is 0 Å². The normalized spacial score (nSPS) is 13.8. The maximum absolute atomic E-state index is 15.4. The molecule has 0 aromatic heterocycles. The minimum absolute atomic E-state index is 0.00380. The van der Waals surface area contributed by atoms with Gasteiger partial charge in [0.05, 0.1) is 37.1 Å². The van der Waals surface area contributed by atoms with Gasteiger partial charge in [0, 0.05) is 41.7 Å². The van der Waals surface area contributed by atoms with Gasteiger partial charge in [-0.1, -0.05) is 274 Å². The molecule has 6 rings (SSSR count).